The lowest BCUT2D eigenvalue weighted by molar-refractivity contribution is 0.199. The van der Waals surface area contributed by atoms with Gasteiger partial charge in [-0.25, -0.2) is 0 Å². The fourth-order valence-corrected chi connectivity index (χ4v) is 1.85. The van der Waals surface area contributed by atoms with E-state index in [0.717, 1.165) is 6.61 Å². The topological polar surface area (TPSA) is 21.3 Å². The molecule has 2 rings (SSSR count). The maximum absolute atomic E-state index is 5.28. The van der Waals surface area contributed by atoms with Crippen molar-refractivity contribution in [2.75, 3.05) is 19.7 Å². The van der Waals surface area contributed by atoms with Gasteiger partial charge in [0.2, 0.25) is 0 Å². The second-order valence-corrected chi connectivity index (χ2v) is 3.35. The minimum absolute atomic E-state index is 0.464. The van der Waals surface area contributed by atoms with Crippen LogP contribution in [0.2, 0.25) is 0 Å². The van der Waals surface area contributed by atoms with Gasteiger partial charge in [0.25, 0.3) is 0 Å². The van der Waals surface area contributed by atoms with Gasteiger partial charge in [0.05, 0.1) is 6.61 Å². The van der Waals surface area contributed by atoms with Crippen LogP contribution in [0.15, 0.2) is 0 Å². The molecule has 0 aromatic heterocycles. The van der Waals surface area contributed by atoms with E-state index in [1.54, 1.807) is 0 Å². The standard InChI is InChI=1S/C8H14NO/c1-4-9-5-2-8(1)3-6-10-7-8/h7,9H,1-6H2. The SMILES string of the molecule is [CH]1OCCC12CCNCC2. The smallest absolute Gasteiger partial charge is 0.0899 e. The van der Waals surface area contributed by atoms with E-state index in [0.29, 0.717) is 5.41 Å². The molecule has 0 atom stereocenters. The van der Waals surface area contributed by atoms with Crippen LogP contribution in [0.4, 0.5) is 0 Å². The molecule has 0 bridgehead atoms. The molecule has 57 valence electrons. The Morgan fingerprint density at radius 3 is 2.60 bits per heavy atom. The molecular weight excluding hydrogens is 126 g/mol. The normalized spacial score (nSPS) is 31.2. The van der Waals surface area contributed by atoms with Crippen molar-refractivity contribution < 1.29 is 4.74 Å². The van der Waals surface area contributed by atoms with Crippen molar-refractivity contribution in [3.8, 4) is 0 Å². The fourth-order valence-electron chi connectivity index (χ4n) is 1.85. The van der Waals surface area contributed by atoms with Crippen LogP contribution < -0.4 is 5.32 Å². The Hall–Kier alpha value is -0.0800. The molecule has 0 saturated carbocycles. The first-order valence-electron chi connectivity index (χ1n) is 4.08. The summed E-state index contributed by atoms with van der Waals surface area (Å²) >= 11 is 0. The van der Waals surface area contributed by atoms with Crippen molar-refractivity contribution in [1.29, 1.82) is 0 Å². The largest absolute Gasteiger partial charge is 0.375 e. The first kappa shape index (κ1) is 6.62. The van der Waals surface area contributed by atoms with Gasteiger partial charge in [-0.1, -0.05) is 0 Å². The Morgan fingerprint density at radius 2 is 2.00 bits per heavy atom. The number of nitrogens with one attached hydrogen (secondary N) is 1. The Kier molecular flexibility index (Phi) is 1.66. The average Bonchev–Trinajstić information content (AvgIpc) is 2.39. The highest BCUT2D eigenvalue weighted by Gasteiger charge is 2.36. The Bertz CT molecular complexity index is 110. The van der Waals surface area contributed by atoms with Gasteiger partial charge in [-0.15, -0.1) is 0 Å². The number of piperidine rings is 1. The molecule has 2 heteroatoms. The summed E-state index contributed by atoms with van der Waals surface area (Å²) in [6.45, 7) is 5.35. The molecule has 10 heavy (non-hydrogen) atoms. The molecule has 2 aliphatic heterocycles. The zero-order chi connectivity index (χ0) is 6.86. The predicted octanol–water partition coefficient (Wildman–Crippen LogP) is 0.938. The molecule has 0 aromatic carbocycles. The van der Waals surface area contributed by atoms with E-state index in [4.69, 9.17) is 4.74 Å². The summed E-state index contributed by atoms with van der Waals surface area (Å²) in [4.78, 5) is 0. The number of hydrogen-bond donors (Lipinski definition) is 1. The lowest BCUT2D eigenvalue weighted by atomic mass is 9.79. The highest BCUT2D eigenvalue weighted by atomic mass is 16.5. The number of rotatable bonds is 0. The monoisotopic (exact) mass is 140 g/mol. The number of ether oxygens (including phenoxy) is 1. The first-order valence-corrected chi connectivity index (χ1v) is 4.08. The van der Waals surface area contributed by atoms with Crippen LogP contribution in [0.3, 0.4) is 0 Å². The third-order valence-electron chi connectivity index (χ3n) is 2.65. The molecule has 2 aliphatic rings. The molecule has 2 saturated heterocycles. The van der Waals surface area contributed by atoms with Crippen LogP contribution in [0, 0.1) is 12.0 Å². The summed E-state index contributed by atoms with van der Waals surface area (Å²) in [5.41, 5.74) is 0.464. The third-order valence-corrected chi connectivity index (χ3v) is 2.65. The Morgan fingerprint density at radius 1 is 1.20 bits per heavy atom. The molecule has 1 N–H and O–H groups in total. The van der Waals surface area contributed by atoms with Crippen molar-refractivity contribution in [2.24, 2.45) is 5.41 Å². The quantitative estimate of drug-likeness (QED) is 0.540. The molecule has 2 heterocycles. The highest BCUT2D eigenvalue weighted by Crippen LogP contribution is 2.39. The lowest BCUT2D eigenvalue weighted by Crippen LogP contribution is -2.35. The average molecular weight is 140 g/mol. The van der Waals surface area contributed by atoms with Crippen LogP contribution in [-0.2, 0) is 4.74 Å². The Balaban J connectivity index is 1.98. The molecule has 1 radical (unpaired) electrons. The van der Waals surface area contributed by atoms with Gasteiger partial charge < -0.3 is 10.1 Å². The van der Waals surface area contributed by atoms with E-state index in [1.807, 2.05) is 0 Å². The van der Waals surface area contributed by atoms with Gasteiger partial charge >= 0.3 is 0 Å². The van der Waals surface area contributed by atoms with E-state index in [-0.39, 0.29) is 0 Å². The highest BCUT2D eigenvalue weighted by molar-refractivity contribution is 4.94. The van der Waals surface area contributed by atoms with Gasteiger partial charge in [0.1, 0.15) is 0 Å². The van der Waals surface area contributed by atoms with Crippen molar-refractivity contribution in [1.82, 2.24) is 5.32 Å². The zero-order valence-electron chi connectivity index (χ0n) is 6.23. The summed E-state index contributed by atoms with van der Waals surface area (Å²) in [6, 6.07) is 0. The summed E-state index contributed by atoms with van der Waals surface area (Å²) in [6.07, 6.45) is 3.79. The second kappa shape index (κ2) is 2.51. The van der Waals surface area contributed by atoms with E-state index < -0.39 is 0 Å². The van der Waals surface area contributed by atoms with E-state index >= 15 is 0 Å². The van der Waals surface area contributed by atoms with Gasteiger partial charge in [-0.05, 0) is 32.4 Å². The van der Waals surface area contributed by atoms with Crippen LogP contribution in [-0.4, -0.2) is 19.7 Å². The van der Waals surface area contributed by atoms with Gasteiger partial charge in [0.15, 0.2) is 0 Å². The van der Waals surface area contributed by atoms with Crippen molar-refractivity contribution in [3.05, 3.63) is 6.61 Å². The van der Waals surface area contributed by atoms with Crippen molar-refractivity contribution >= 4 is 0 Å². The summed E-state index contributed by atoms with van der Waals surface area (Å²) in [7, 11) is 0. The summed E-state index contributed by atoms with van der Waals surface area (Å²) in [5, 5.41) is 3.36. The maximum atomic E-state index is 5.28. The van der Waals surface area contributed by atoms with E-state index in [2.05, 4.69) is 11.9 Å². The molecular formula is C8H14NO. The van der Waals surface area contributed by atoms with E-state index in [9.17, 15) is 0 Å². The fraction of sp³-hybridized carbons (Fsp3) is 0.875. The molecule has 0 amide bonds. The predicted molar refractivity (Wildman–Crippen MR) is 39.4 cm³/mol. The minimum Gasteiger partial charge on any atom is -0.375 e. The Labute approximate surface area is 61.9 Å². The van der Waals surface area contributed by atoms with Gasteiger partial charge in [-0.2, -0.15) is 0 Å². The van der Waals surface area contributed by atoms with Crippen LogP contribution in [0.25, 0.3) is 0 Å². The molecule has 2 nitrogen and oxygen atoms in total. The molecule has 0 unspecified atom stereocenters. The molecule has 0 aliphatic carbocycles. The van der Waals surface area contributed by atoms with E-state index in [1.165, 1.54) is 32.4 Å². The summed E-state index contributed by atoms with van der Waals surface area (Å²) in [5.74, 6) is 0. The summed E-state index contributed by atoms with van der Waals surface area (Å²) < 4.78 is 5.28. The van der Waals surface area contributed by atoms with Crippen molar-refractivity contribution in [2.45, 2.75) is 19.3 Å². The molecule has 0 aromatic rings. The molecule has 2 fully saturated rings. The van der Waals surface area contributed by atoms with Gasteiger partial charge in [0, 0.05) is 12.0 Å². The third kappa shape index (κ3) is 1.06. The number of hydrogen-bond acceptors (Lipinski definition) is 2. The zero-order valence-corrected chi connectivity index (χ0v) is 6.23. The van der Waals surface area contributed by atoms with Crippen LogP contribution >= 0.6 is 0 Å². The maximum Gasteiger partial charge on any atom is 0.0899 e. The second-order valence-electron chi connectivity index (χ2n) is 3.35. The van der Waals surface area contributed by atoms with Crippen LogP contribution in [0.5, 0.6) is 0 Å². The lowest BCUT2D eigenvalue weighted by Gasteiger charge is -2.31. The van der Waals surface area contributed by atoms with Crippen LogP contribution in [0.1, 0.15) is 19.3 Å². The van der Waals surface area contributed by atoms with Crippen molar-refractivity contribution in [3.63, 3.8) is 0 Å². The molecule has 1 spiro atoms. The minimum atomic E-state index is 0.464. The van der Waals surface area contributed by atoms with Gasteiger partial charge in [-0.3, -0.25) is 0 Å². The first-order chi connectivity index (χ1) is 4.91.